The highest BCUT2D eigenvalue weighted by molar-refractivity contribution is 5.42. The Morgan fingerprint density at radius 3 is 3.17 bits per heavy atom. The lowest BCUT2D eigenvalue weighted by atomic mass is 9.88. The molecule has 1 atom stereocenters. The number of fused-ring (bicyclic) bond motifs is 1. The summed E-state index contributed by atoms with van der Waals surface area (Å²) in [6.45, 7) is 2.25. The van der Waals surface area contributed by atoms with Crippen LogP contribution in [0, 0.1) is 5.92 Å². The number of hydrogen-bond acceptors (Lipinski definition) is 3. The van der Waals surface area contributed by atoms with Gasteiger partial charge in [0.1, 0.15) is 12.1 Å². The van der Waals surface area contributed by atoms with E-state index in [-0.39, 0.29) is 0 Å². The molecule has 0 spiro atoms. The van der Waals surface area contributed by atoms with Gasteiger partial charge in [-0.05, 0) is 25.2 Å². The third-order valence-electron chi connectivity index (χ3n) is 2.49. The van der Waals surface area contributed by atoms with E-state index in [0.29, 0.717) is 5.82 Å². The van der Waals surface area contributed by atoms with Crippen molar-refractivity contribution in [2.45, 2.75) is 26.2 Å². The maximum atomic E-state index is 5.75. The maximum absolute atomic E-state index is 5.75. The van der Waals surface area contributed by atoms with E-state index in [1.54, 1.807) is 6.33 Å². The molecule has 0 saturated heterocycles. The minimum absolute atomic E-state index is 0.673. The van der Waals surface area contributed by atoms with E-state index in [0.717, 1.165) is 24.5 Å². The van der Waals surface area contributed by atoms with Crippen molar-refractivity contribution >= 4 is 5.82 Å². The van der Waals surface area contributed by atoms with E-state index < -0.39 is 0 Å². The van der Waals surface area contributed by atoms with Crippen LogP contribution in [0.3, 0.4) is 0 Å². The Kier molecular flexibility index (Phi) is 1.71. The van der Waals surface area contributed by atoms with E-state index in [4.69, 9.17) is 5.73 Å². The summed E-state index contributed by atoms with van der Waals surface area (Å²) in [5, 5.41) is 0. The molecule has 1 unspecified atom stereocenters. The first-order valence-electron chi connectivity index (χ1n) is 4.35. The average molecular weight is 163 g/mol. The minimum Gasteiger partial charge on any atom is -0.383 e. The number of nitrogens with two attached hydrogens (primary N) is 1. The number of rotatable bonds is 0. The third-order valence-corrected chi connectivity index (χ3v) is 2.49. The smallest absolute Gasteiger partial charge is 0.130 e. The standard InChI is InChI=1S/C9H13N3/c1-6-2-3-8-7(4-6)9(10)12-5-11-8/h5-6H,2-4H2,1H3,(H2,10,11,12). The highest BCUT2D eigenvalue weighted by atomic mass is 14.9. The summed E-state index contributed by atoms with van der Waals surface area (Å²) < 4.78 is 0. The fourth-order valence-electron chi connectivity index (χ4n) is 1.74. The van der Waals surface area contributed by atoms with Gasteiger partial charge in [-0.25, -0.2) is 9.97 Å². The van der Waals surface area contributed by atoms with Gasteiger partial charge in [-0.15, -0.1) is 0 Å². The van der Waals surface area contributed by atoms with Crippen LogP contribution in [0.25, 0.3) is 0 Å². The summed E-state index contributed by atoms with van der Waals surface area (Å²) in [7, 11) is 0. The number of nitrogen functional groups attached to an aromatic ring is 1. The van der Waals surface area contributed by atoms with Gasteiger partial charge < -0.3 is 5.73 Å². The van der Waals surface area contributed by atoms with E-state index in [9.17, 15) is 0 Å². The Labute approximate surface area is 72.0 Å². The van der Waals surface area contributed by atoms with E-state index in [1.165, 1.54) is 12.0 Å². The van der Waals surface area contributed by atoms with Crippen molar-refractivity contribution in [2.75, 3.05) is 5.73 Å². The normalized spacial score (nSPS) is 21.9. The Morgan fingerprint density at radius 1 is 1.50 bits per heavy atom. The summed E-state index contributed by atoms with van der Waals surface area (Å²) in [4.78, 5) is 8.22. The highest BCUT2D eigenvalue weighted by Gasteiger charge is 2.18. The molecule has 1 aliphatic rings. The zero-order chi connectivity index (χ0) is 8.55. The second-order valence-corrected chi connectivity index (χ2v) is 3.53. The van der Waals surface area contributed by atoms with Crippen LogP contribution in [-0.4, -0.2) is 9.97 Å². The molecule has 0 amide bonds. The third kappa shape index (κ3) is 1.15. The monoisotopic (exact) mass is 163 g/mol. The number of aromatic nitrogens is 2. The molecular weight excluding hydrogens is 150 g/mol. The summed E-state index contributed by atoms with van der Waals surface area (Å²) in [5.74, 6) is 1.40. The van der Waals surface area contributed by atoms with E-state index in [1.807, 2.05) is 0 Å². The second-order valence-electron chi connectivity index (χ2n) is 3.53. The molecule has 1 aromatic rings. The Morgan fingerprint density at radius 2 is 2.33 bits per heavy atom. The van der Waals surface area contributed by atoms with Crippen molar-refractivity contribution in [1.29, 1.82) is 0 Å². The first-order chi connectivity index (χ1) is 5.77. The summed E-state index contributed by atoms with van der Waals surface area (Å²) in [6.07, 6.45) is 4.89. The van der Waals surface area contributed by atoms with Crippen molar-refractivity contribution in [3.63, 3.8) is 0 Å². The topological polar surface area (TPSA) is 51.8 Å². The molecule has 3 heteroatoms. The second kappa shape index (κ2) is 2.73. The molecule has 12 heavy (non-hydrogen) atoms. The van der Waals surface area contributed by atoms with E-state index in [2.05, 4.69) is 16.9 Å². The van der Waals surface area contributed by atoms with Crippen LogP contribution in [0.15, 0.2) is 6.33 Å². The van der Waals surface area contributed by atoms with Crippen LogP contribution in [0.4, 0.5) is 5.82 Å². The highest BCUT2D eigenvalue weighted by Crippen LogP contribution is 2.25. The molecule has 1 heterocycles. The van der Waals surface area contributed by atoms with Crippen molar-refractivity contribution < 1.29 is 0 Å². The van der Waals surface area contributed by atoms with Gasteiger partial charge in [0.25, 0.3) is 0 Å². The van der Waals surface area contributed by atoms with Gasteiger partial charge in [-0.2, -0.15) is 0 Å². The van der Waals surface area contributed by atoms with Crippen LogP contribution < -0.4 is 5.73 Å². The Bertz CT molecular complexity index is 296. The van der Waals surface area contributed by atoms with Crippen LogP contribution in [-0.2, 0) is 12.8 Å². The lowest BCUT2D eigenvalue weighted by Crippen LogP contribution is -2.15. The summed E-state index contributed by atoms with van der Waals surface area (Å²) in [6, 6.07) is 0. The van der Waals surface area contributed by atoms with E-state index >= 15 is 0 Å². The first-order valence-corrected chi connectivity index (χ1v) is 4.35. The Hall–Kier alpha value is -1.12. The van der Waals surface area contributed by atoms with Crippen molar-refractivity contribution in [3.05, 3.63) is 17.6 Å². The predicted molar refractivity (Wildman–Crippen MR) is 47.6 cm³/mol. The number of aryl methyl sites for hydroxylation is 1. The van der Waals surface area contributed by atoms with Crippen LogP contribution >= 0.6 is 0 Å². The Balaban J connectivity index is 2.43. The summed E-state index contributed by atoms with van der Waals surface area (Å²) >= 11 is 0. The number of anilines is 1. The fraction of sp³-hybridized carbons (Fsp3) is 0.556. The average Bonchev–Trinajstić information content (AvgIpc) is 2.07. The molecule has 0 aliphatic heterocycles. The zero-order valence-electron chi connectivity index (χ0n) is 7.25. The molecule has 2 rings (SSSR count). The fourth-order valence-corrected chi connectivity index (χ4v) is 1.74. The van der Waals surface area contributed by atoms with Crippen molar-refractivity contribution in [3.8, 4) is 0 Å². The molecule has 1 aliphatic carbocycles. The molecule has 0 fully saturated rings. The lowest BCUT2D eigenvalue weighted by molar-refractivity contribution is 0.493. The van der Waals surface area contributed by atoms with Crippen LogP contribution in [0.1, 0.15) is 24.6 Å². The number of nitrogens with zero attached hydrogens (tertiary/aromatic N) is 2. The number of hydrogen-bond donors (Lipinski definition) is 1. The maximum Gasteiger partial charge on any atom is 0.130 e. The van der Waals surface area contributed by atoms with Crippen molar-refractivity contribution in [2.24, 2.45) is 5.92 Å². The molecule has 0 saturated carbocycles. The van der Waals surface area contributed by atoms with Gasteiger partial charge in [0.05, 0.1) is 0 Å². The quantitative estimate of drug-likeness (QED) is 0.625. The largest absolute Gasteiger partial charge is 0.383 e. The van der Waals surface area contributed by atoms with Gasteiger partial charge >= 0.3 is 0 Å². The lowest BCUT2D eigenvalue weighted by Gasteiger charge is -2.20. The molecule has 3 nitrogen and oxygen atoms in total. The molecule has 0 bridgehead atoms. The molecular formula is C9H13N3. The van der Waals surface area contributed by atoms with Crippen LogP contribution in [0.2, 0.25) is 0 Å². The van der Waals surface area contributed by atoms with Gasteiger partial charge in [-0.1, -0.05) is 6.92 Å². The first kappa shape index (κ1) is 7.53. The zero-order valence-corrected chi connectivity index (χ0v) is 7.25. The summed E-state index contributed by atoms with van der Waals surface area (Å²) in [5.41, 5.74) is 8.08. The van der Waals surface area contributed by atoms with Gasteiger partial charge in [0, 0.05) is 11.3 Å². The minimum atomic E-state index is 0.673. The van der Waals surface area contributed by atoms with Crippen molar-refractivity contribution in [1.82, 2.24) is 9.97 Å². The molecule has 2 N–H and O–H groups in total. The molecule has 1 aromatic heterocycles. The van der Waals surface area contributed by atoms with Gasteiger partial charge in [0.15, 0.2) is 0 Å². The molecule has 0 aromatic carbocycles. The van der Waals surface area contributed by atoms with Gasteiger partial charge in [0.2, 0.25) is 0 Å². The van der Waals surface area contributed by atoms with Gasteiger partial charge in [-0.3, -0.25) is 0 Å². The predicted octanol–water partition coefficient (Wildman–Crippen LogP) is 1.18. The SMILES string of the molecule is CC1CCc2ncnc(N)c2C1. The molecule has 0 radical (unpaired) electrons. The molecule has 64 valence electrons. The van der Waals surface area contributed by atoms with Crippen LogP contribution in [0.5, 0.6) is 0 Å².